The molecule has 1 aliphatic rings. The van der Waals surface area contributed by atoms with Crippen LogP contribution in [0.2, 0.25) is 0 Å². The smallest absolute Gasteiger partial charge is 0.264 e. The van der Waals surface area contributed by atoms with E-state index in [1.54, 1.807) is 23.1 Å². The first-order chi connectivity index (χ1) is 12.6. The molecular weight excluding hydrogens is 448 g/mol. The summed E-state index contributed by atoms with van der Waals surface area (Å²) in [7, 11) is -3.54. The Balaban J connectivity index is 1.68. The molecule has 2 aromatic rings. The summed E-state index contributed by atoms with van der Waals surface area (Å²) >= 11 is 4.75. The summed E-state index contributed by atoms with van der Waals surface area (Å²) in [6.07, 6.45) is 0. The van der Waals surface area contributed by atoms with Gasteiger partial charge in [-0.25, -0.2) is 8.42 Å². The van der Waals surface area contributed by atoms with Gasteiger partial charge in [-0.1, -0.05) is 32.9 Å². The average molecular weight is 471 g/mol. The summed E-state index contributed by atoms with van der Waals surface area (Å²) in [5, 5.41) is 0. The first kappa shape index (κ1) is 20.5. The van der Waals surface area contributed by atoms with Crippen molar-refractivity contribution in [2.45, 2.75) is 31.1 Å². The van der Waals surface area contributed by atoms with E-state index in [4.69, 9.17) is 0 Å². The molecule has 1 aliphatic heterocycles. The Hall–Kier alpha value is -1.22. The predicted molar refractivity (Wildman–Crippen MR) is 112 cm³/mol. The number of carbonyl (C=O) groups is 1. The largest absolute Gasteiger partial charge is 0.335 e. The summed E-state index contributed by atoms with van der Waals surface area (Å²) in [6, 6.07) is 10.7. The van der Waals surface area contributed by atoms with E-state index < -0.39 is 10.0 Å². The van der Waals surface area contributed by atoms with Crippen molar-refractivity contribution in [3.8, 4) is 0 Å². The van der Waals surface area contributed by atoms with Gasteiger partial charge < -0.3 is 4.90 Å². The van der Waals surface area contributed by atoms with E-state index >= 15 is 0 Å². The van der Waals surface area contributed by atoms with Gasteiger partial charge in [-0.15, -0.1) is 11.3 Å². The molecule has 3 rings (SSSR count). The molecule has 27 heavy (non-hydrogen) atoms. The average Bonchev–Trinajstić information content (AvgIpc) is 3.07. The van der Waals surface area contributed by atoms with Crippen molar-refractivity contribution < 1.29 is 13.2 Å². The molecule has 2 heterocycles. The number of carbonyl (C=O) groups excluding carboxylic acids is 1. The molecule has 5 nitrogen and oxygen atoms in total. The third-order valence-electron chi connectivity index (χ3n) is 4.67. The fraction of sp³-hybridized carbons (Fsp3) is 0.421. The van der Waals surface area contributed by atoms with Crippen LogP contribution in [0.1, 0.15) is 36.0 Å². The van der Waals surface area contributed by atoms with Crippen LogP contribution in [0.25, 0.3) is 0 Å². The third kappa shape index (κ3) is 4.45. The Morgan fingerprint density at radius 3 is 2.07 bits per heavy atom. The lowest BCUT2D eigenvalue weighted by Crippen LogP contribution is -2.50. The van der Waals surface area contributed by atoms with E-state index in [2.05, 4.69) is 36.7 Å². The normalized spacial score (nSPS) is 16.5. The van der Waals surface area contributed by atoms with Crippen LogP contribution < -0.4 is 0 Å². The molecule has 0 atom stereocenters. The Kier molecular flexibility index (Phi) is 5.82. The van der Waals surface area contributed by atoms with E-state index in [9.17, 15) is 13.2 Å². The third-order valence-corrected chi connectivity index (χ3v) is 8.19. The molecule has 1 saturated heterocycles. The van der Waals surface area contributed by atoms with Crippen LogP contribution in [0.3, 0.4) is 0 Å². The zero-order valence-corrected chi connectivity index (χ0v) is 18.8. The lowest BCUT2D eigenvalue weighted by molar-refractivity contribution is 0.0703. The van der Waals surface area contributed by atoms with Crippen molar-refractivity contribution in [2.75, 3.05) is 26.2 Å². The Morgan fingerprint density at radius 1 is 1.00 bits per heavy atom. The second kappa shape index (κ2) is 7.66. The maximum atomic E-state index is 12.9. The van der Waals surface area contributed by atoms with Gasteiger partial charge in [0.1, 0.15) is 0 Å². The molecule has 1 amide bonds. The Bertz CT molecular complexity index is 923. The van der Waals surface area contributed by atoms with Gasteiger partial charge in [0.15, 0.2) is 0 Å². The molecule has 0 radical (unpaired) electrons. The van der Waals surface area contributed by atoms with Crippen molar-refractivity contribution in [3.05, 3.63) is 50.6 Å². The number of benzene rings is 1. The summed E-state index contributed by atoms with van der Waals surface area (Å²) in [4.78, 5) is 15.2. The highest BCUT2D eigenvalue weighted by atomic mass is 79.9. The minimum atomic E-state index is -3.54. The summed E-state index contributed by atoms with van der Waals surface area (Å²) < 4.78 is 28.2. The van der Waals surface area contributed by atoms with Gasteiger partial charge in [0, 0.05) is 26.2 Å². The molecule has 0 spiro atoms. The van der Waals surface area contributed by atoms with E-state index in [0.717, 1.165) is 9.35 Å². The molecule has 0 saturated carbocycles. The number of nitrogens with zero attached hydrogens (tertiary/aromatic N) is 2. The molecule has 0 N–H and O–H groups in total. The monoisotopic (exact) mass is 470 g/mol. The maximum absolute atomic E-state index is 12.9. The number of sulfonamides is 1. The molecule has 0 unspecified atom stereocenters. The van der Waals surface area contributed by atoms with Crippen LogP contribution in [-0.4, -0.2) is 49.7 Å². The Labute approximate surface area is 173 Å². The summed E-state index contributed by atoms with van der Waals surface area (Å²) in [5.41, 5.74) is 1.07. The Morgan fingerprint density at radius 2 is 1.59 bits per heavy atom. The highest BCUT2D eigenvalue weighted by Gasteiger charge is 2.31. The zero-order valence-electron chi connectivity index (χ0n) is 15.6. The molecular formula is C19H23BrN2O3S2. The molecule has 0 aliphatic carbocycles. The van der Waals surface area contributed by atoms with E-state index in [1.165, 1.54) is 15.6 Å². The lowest BCUT2D eigenvalue weighted by atomic mass is 9.87. The topological polar surface area (TPSA) is 57.7 Å². The number of hydrogen-bond acceptors (Lipinski definition) is 4. The van der Waals surface area contributed by atoms with E-state index in [1.807, 2.05) is 18.2 Å². The van der Waals surface area contributed by atoms with Gasteiger partial charge in [-0.05, 0) is 51.2 Å². The summed E-state index contributed by atoms with van der Waals surface area (Å²) in [5.74, 6) is -0.0442. The van der Waals surface area contributed by atoms with Gasteiger partial charge in [0.05, 0.1) is 13.6 Å². The van der Waals surface area contributed by atoms with Gasteiger partial charge in [0.25, 0.3) is 5.91 Å². The minimum absolute atomic E-state index is 0.0228. The first-order valence-electron chi connectivity index (χ1n) is 8.74. The lowest BCUT2D eigenvalue weighted by Gasteiger charge is -2.33. The van der Waals surface area contributed by atoms with Crippen LogP contribution in [0, 0.1) is 0 Å². The van der Waals surface area contributed by atoms with Crippen molar-refractivity contribution in [3.63, 3.8) is 0 Å². The minimum Gasteiger partial charge on any atom is -0.335 e. The quantitative estimate of drug-likeness (QED) is 0.681. The van der Waals surface area contributed by atoms with Crippen LogP contribution in [0.5, 0.6) is 0 Å². The molecule has 1 fully saturated rings. The van der Waals surface area contributed by atoms with Crippen molar-refractivity contribution >= 4 is 43.2 Å². The highest BCUT2D eigenvalue weighted by Crippen LogP contribution is 2.26. The number of rotatable bonds is 3. The van der Waals surface area contributed by atoms with Crippen LogP contribution >= 0.6 is 27.3 Å². The van der Waals surface area contributed by atoms with Gasteiger partial charge in [-0.3, -0.25) is 4.79 Å². The van der Waals surface area contributed by atoms with Gasteiger partial charge >= 0.3 is 0 Å². The highest BCUT2D eigenvalue weighted by molar-refractivity contribution is 9.11. The van der Waals surface area contributed by atoms with E-state index in [0.29, 0.717) is 36.0 Å². The number of amides is 1. The zero-order chi connectivity index (χ0) is 19.8. The van der Waals surface area contributed by atoms with E-state index in [-0.39, 0.29) is 11.3 Å². The first-order valence-corrected chi connectivity index (χ1v) is 11.8. The van der Waals surface area contributed by atoms with Crippen LogP contribution in [-0.2, 0) is 15.4 Å². The standard InChI is InChI=1S/C19H23BrN2O3S2/c1-19(2,3)14-4-6-15(7-5-14)27(24,25)22-12-10-21(11-13-22)18(23)16-8-9-17(20)26-16/h4-9H,10-13H2,1-3H3. The predicted octanol–water partition coefficient (Wildman–Crippen LogP) is 3.95. The van der Waals surface area contributed by atoms with Crippen molar-refractivity contribution in [1.82, 2.24) is 9.21 Å². The van der Waals surface area contributed by atoms with Crippen LogP contribution in [0.15, 0.2) is 45.1 Å². The van der Waals surface area contributed by atoms with Crippen molar-refractivity contribution in [2.24, 2.45) is 0 Å². The second-order valence-corrected chi connectivity index (χ2v) is 12.0. The molecule has 1 aromatic heterocycles. The molecule has 8 heteroatoms. The number of halogens is 1. The molecule has 146 valence electrons. The van der Waals surface area contributed by atoms with Gasteiger partial charge in [0.2, 0.25) is 10.0 Å². The second-order valence-electron chi connectivity index (χ2n) is 7.57. The fourth-order valence-corrected chi connectivity index (χ4v) is 5.77. The number of hydrogen-bond donors (Lipinski definition) is 0. The maximum Gasteiger partial charge on any atom is 0.264 e. The van der Waals surface area contributed by atoms with Gasteiger partial charge in [-0.2, -0.15) is 4.31 Å². The number of thiophene rings is 1. The molecule has 0 bridgehead atoms. The SMILES string of the molecule is CC(C)(C)c1ccc(S(=O)(=O)N2CCN(C(=O)c3ccc(Br)s3)CC2)cc1. The van der Waals surface area contributed by atoms with Crippen LogP contribution in [0.4, 0.5) is 0 Å². The fourth-order valence-electron chi connectivity index (χ4n) is 2.99. The molecule has 1 aromatic carbocycles. The van der Waals surface area contributed by atoms with Crippen molar-refractivity contribution in [1.29, 1.82) is 0 Å². The summed E-state index contributed by atoms with van der Waals surface area (Å²) in [6.45, 7) is 7.70. The number of piperazine rings is 1.